The van der Waals surface area contributed by atoms with E-state index in [0.717, 1.165) is 12.1 Å². The number of benzene rings is 1. The van der Waals surface area contributed by atoms with E-state index in [2.05, 4.69) is 10.0 Å². The summed E-state index contributed by atoms with van der Waals surface area (Å²) in [6, 6.07) is 0.912. The van der Waals surface area contributed by atoms with E-state index in [1.807, 2.05) is 6.08 Å². The minimum absolute atomic E-state index is 0.0601. The lowest BCUT2D eigenvalue weighted by Crippen LogP contribution is -2.30. The van der Waals surface area contributed by atoms with Crippen LogP contribution in [0.1, 0.15) is 6.42 Å². The molecule has 1 aromatic carbocycles. The molecule has 0 aromatic heterocycles. The second kappa shape index (κ2) is 5.94. The second-order valence-electron chi connectivity index (χ2n) is 4.34. The summed E-state index contributed by atoms with van der Waals surface area (Å²) in [4.78, 5) is -0.636. The zero-order valence-electron chi connectivity index (χ0n) is 10.4. The Morgan fingerprint density at radius 3 is 2.40 bits per heavy atom. The van der Waals surface area contributed by atoms with Gasteiger partial charge in [0.05, 0.1) is 4.90 Å². The summed E-state index contributed by atoms with van der Waals surface area (Å²) in [6.07, 6.45) is 2.53. The molecule has 1 aromatic rings. The fourth-order valence-electron chi connectivity index (χ4n) is 1.79. The largest absolute Gasteiger partial charge is 0.313 e. The van der Waals surface area contributed by atoms with Crippen LogP contribution < -0.4 is 10.0 Å². The molecular weight excluding hydrogens is 293 g/mol. The van der Waals surface area contributed by atoms with E-state index >= 15 is 0 Å². The number of nitrogens with one attached hydrogen (secondary N) is 2. The van der Waals surface area contributed by atoms with E-state index in [1.165, 1.54) is 0 Å². The lowest BCUT2D eigenvalue weighted by molar-refractivity contribution is 0.442. The lowest BCUT2D eigenvalue weighted by Gasteiger charge is -2.14. The van der Waals surface area contributed by atoms with Gasteiger partial charge < -0.3 is 5.32 Å². The van der Waals surface area contributed by atoms with Crippen LogP contribution in [-0.2, 0) is 10.0 Å². The van der Waals surface area contributed by atoms with Crippen LogP contribution in [0, 0.1) is 17.5 Å². The summed E-state index contributed by atoms with van der Waals surface area (Å²) in [5.41, 5.74) is 0.885. The molecule has 0 bridgehead atoms. The Morgan fingerprint density at radius 1 is 1.20 bits per heavy atom. The van der Waals surface area contributed by atoms with Gasteiger partial charge in [-0.05, 0) is 25.1 Å². The highest BCUT2D eigenvalue weighted by atomic mass is 32.2. The highest BCUT2D eigenvalue weighted by Gasteiger charge is 2.20. The molecule has 2 rings (SSSR count). The Morgan fingerprint density at radius 2 is 1.85 bits per heavy atom. The first-order valence-electron chi connectivity index (χ1n) is 5.93. The first-order valence-corrected chi connectivity index (χ1v) is 7.41. The molecule has 0 radical (unpaired) electrons. The molecule has 0 amide bonds. The van der Waals surface area contributed by atoms with Crippen LogP contribution in [0.2, 0.25) is 0 Å². The Kier molecular flexibility index (Phi) is 4.46. The second-order valence-corrected chi connectivity index (χ2v) is 6.11. The highest BCUT2D eigenvalue weighted by molar-refractivity contribution is 7.89. The van der Waals surface area contributed by atoms with Gasteiger partial charge in [0.25, 0.3) is 0 Å². The average Bonchev–Trinajstić information content (AvgIpc) is 2.43. The van der Waals surface area contributed by atoms with Gasteiger partial charge in [-0.3, -0.25) is 0 Å². The molecule has 8 heteroatoms. The summed E-state index contributed by atoms with van der Waals surface area (Å²) in [7, 11) is -4.08. The van der Waals surface area contributed by atoms with E-state index < -0.39 is 32.4 Å². The molecule has 0 spiro atoms. The van der Waals surface area contributed by atoms with Crippen molar-refractivity contribution in [3.8, 4) is 0 Å². The van der Waals surface area contributed by atoms with Crippen molar-refractivity contribution < 1.29 is 21.6 Å². The van der Waals surface area contributed by atoms with Crippen molar-refractivity contribution in [3.63, 3.8) is 0 Å². The monoisotopic (exact) mass is 306 g/mol. The van der Waals surface area contributed by atoms with Gasteiger partial charge >= 0.3 is 0 Å². The number of sulfonamides is 1. The van der Waals surface area contributed by atoms with Crippen molar-refractivity contribution in [1.29, 1.82) is 0 Å². The summed E-state index contributed by atoms with van der Waals surface area (Å²) < 4.78 is 64.9. The van der Waals surface area contributed by atoms with Crippen molar-refractivity contribution in [2.75, 3.05) is 19.6 Å². The molecule has 0 saturated carbocycles. The highest BCUT2D eigenvalue weighted by Crippen LogP contribution is 2.17. The molecule has 110 valence electrons. The Hall–Kier alpha value is -1.38. The summed E-state index contributed by atoms with van der Waals surface area (Å²) >= 11 is 0. The lowest BCUT2D eigenvalue weighted by atomic mass is 10.1. The zero-order chi connectivity index (χ0) is 14.8. The van der Waals surface area contributed by atoms with Crippen LogP contribution >= 0.6 is 0 Å². The predicted octanol–water partition coefficient (Wildman–Crippen LogP) is 1.30. The fraction of sp³-hybridized carbons (Fsp3) is 0.333. The van der Waals surface area contributed by atoms with E-state index in [1.54, 1.807) is 0 Å². The molecule has 0 aliphatic carbocycles. The topological polar surface area (TPSA) is 58.2 Å². The van der Waals surface area contributed by atoms with Gasteiger partial charge in [-0.1, -0.05) is 11.6 Å². The molecule has 20 heavy (non-hydrogen) atoms. The number of hydrogen-bond acceptors (Lipinski definition) is 3. The maximum Gasteiger partial charge on any atom is 0.241 e. The van der Waals surface area contributed by atoms with Gasteiger partial charge in [0.2, 0.25) is 10.0 Å². The first kappa shape index (κ1) is 15.0. The number of halogens is 3. The third kappa shape index (κ3) is 3.38. The van der Waals surface area contributed by atoms with E-state index in [-0.39, 0.29) is 6.54 Å². The Bertz CT molecular complexity index is 621. The standard InChI is InChI=1S/C12H13F3N2O2S/c13-10-5-9(6-11(14)12(10)15)20(18,19)17-7-8-1-3-16-4-2-8/h1,5-6,16-17H,2-4,7H2. The first-order chi connectivity index (χ1) is 9.40. The van der Waals surface area contributed by atoms with Crippen LogP contribution in [-0.4, -0.2) is 28.1 Å². The normalized spacial score (nSPS) is 16.1. The van der Waals surface area contributed by atoms with Crippen LogP contribution in [0.5, 0.6) is 0 Å². The smallest absolute Gasteiger partial charge is 0.241 e. The van der Waals surface area contributed by atoms with Crippen molar-refractivity contribution >= 4 is 10.0 Å². The van der Waals surface area contributed by atoms with E-state index in [9.17, 15) is 21.6 Å². The maximum atomic E-state index is 13.0. The molecule has 2 N–H and O–H groups in total. The van der Waals surface area contributed by atoms with Gasteiger partial charge in [0.15, 0.2) is 17.5 Å². The average molecular weight is 306 g/mol. The molecule has 0 atom stereocenters. The molecular formula is C12H13F3N2O2S. The summed E-state index contributed by atoms with van der Waals surface area (Å²) in [6.45, 7) is 1.45. The maximum absolute atomic E-state index is 13.0. The molecule has 1 aliphatic heterocycles. The van der Waals surface area contributed by atoms with Gasteiger partial charge in [-0.2, -0.15) is 0 Å². The van der Waals surface area contributed by atoms with Gasteiger partial charge in [-0.25, -0.2) is 26.3 Å². The van der Waals surface area contributed by atoms with E-state index in [0.29, 0.717) is 25.1 Å². The molecule has 1 aliphatic rings. The van der Waals surface area contributed by atoms with Crippen LogP contribution in [0.25, 0.3) is 0 Å². The van der Waals surface area contributed by atoms with Crippen molar-refractivity contribution in [3.05, 3.63) is 41.2 Å². The minimum atomic E-state index is -4.08. The van der Waals surface area contributed by atoms with Crippen molar-refractivity contribution in [2.24, 2.45) is 0 Å². The third-order valence-electron chi connectivity index (χ3n) is 2.91. The minimum Gasteiger partial charge on any atom is -0.313 e. The predicted molar refractivity (Wildman–Crippen MR) is 67.1 cm³/mol. The van der Waals surface area contributed by atoms with Crippen LogP contribution in [0.4, 0.5) is 13.2 Å². The van der Waals surface area contributed by atoms with Crippen LogP contribution in [0.15, 0.2) is 28.7 Å². The fourth-order valence-corrected chi connectivity index (χ4v) is 2.85. The number of hydrogen-bond donors (Lipinski definition) is 2. The number of rotatable bonds is 4. The summed E-state index contributed by atoms with van der Waals surface area (Å²) in [5, 5.41) is 3.07. The van der Waals surface area contributed by atoms with Gasteiger partial charge in [0.1, 0.15) is 0 Å². The quantitative estimate of drug-likeness (QED) is 0.651. The molecule has 4 nitrogen and oxygen atoms in total. The summed E-state index contributed by atoms with van der Waals surface area (Å²) in [5.74, 6) is -4.76. The zero-order valence-corrected chi connectivity index (χ0v) is 11.2. The molecule has 0 fully saturated rings. The molecule has 0 saturated heterocycles. The van der Waals surface area contributed by atoms with Crippen molar-refractivity contribution in [2.45, 2.75) is 11.3 Å². The molecule has 1 heterocycles. The SMILES string of the molecule is O=S(=O)(NCC1=CCNCC1)c1cc(F)c(F)c(F)c1. The van der Waals surface area contributed by atoms with Crippen LogP contribution in [0.3, 0.4) is 0 Å². The Labute approximate surface area is 114 Å². The van der Waals surface area contributed by atoms with Gasteiger partial charge in [0, 0.05) is 13.1 Å². The van der Waals surface area contributed by atoms with E-state index in [4.69, 9.17) is 0 Å². The third-order valence-corrected chi connectivity index (χ3v) is 4.30. The van der Waals surface area contributed by atoms with Crippen molar-refractivity contribution in [1.82, 2.24) is 10.0 Å². The molecule has 0 unspecified atom stereocenters. The van der Waals surface area contributed by atoms with Gasteiger partial charge in [-0.15, -0.1) is 0 Å². The Balaban J connectivity index is 2.16.